The van der Waals surface area contributed by atoms with E-state index in [-0.39, 0.29) is 12.5 Å². The molecule has 1 unspecified atom stereocenters. The van der Waals surface area contributed by atoms with Gasteiger partial charge in [-0.2, -0.15) is 0 Å². The molecule has 0 saturated carbocycles. The smallest absolute Gasteiger partial charge is 0.265 e. The molecule has 0 bridgehead atoms. The third kappa shape index (κ3) is 6.40. The van der Waals surface area contributed by atoms with Crippen molar-refractivity contribution in [2.45, 2.75) is 0 Å². The van der Waals surface area contributed by atoms with Crippen molar-refractivity contribution in [3.05, 3.63) is 0 Å². The normalized spacial score (nSPS) is 17.9. The van der Waals surface area contributed by atoms with E-state index in [1.165, 1.54) is 0 Å². The highest BCUT2D eigenvalue weighted by molar-refractivity contribution is 7.44. The van der Waals surface area contributed by atoms with Crippen LogP contribution in [0.4, 0.5) is 0 Å². The van der Waals surface area contributed by atoms with E-state index in [1.54, 1.807) is 0 Å². The first-order valence-corrected chi connectivity index (χ1v) is 3.83. The van der Waals surface area contributed by atoms with Crippen molar-refractivity contribution in [1.29, 1.82) is 0 Å². The molecule has 0 aliphatic carbocycles. The first-order chi connectivity index (χ1) is 3.56. The van der Waals surface area contributed by atoms with Gasteiger partial charge in [-0.25, -0.2) is 0 Å². The second-order valence-corrected chi connectivity index (χ2v) is 2.56. The summed E-state index contributed by atoms with van der Waals surface area (Å²) in [5, 5.41) is 0. The van der Waals surface area contributed by atoms with E-state index in [4.69, 9.17) is 16.5 Å². The zero-order valence-corrected chi connectivity index (χ0v) is 5.56. The van der Waals surface area contributed by atoms with Crippen molar-refractivity contribution in [2.75, 3.05) is 12.5 Å². The predicted molar refractivity (Wildman–Crippen MR) is 26.5 cm³/mol. The predicted octanol–water partition coefficient (Wildman–Crippen LogP) is -0.298. The summed E-state index contributed by atoms with van der Waals surface area (Å²) in [5.41, 5.74) is 0. The maximum absolute atomic E-state index is 9.69. The number of alkyl halides is 1. The van der Waals surface area contributed by atoms with Gasteiger partial charge in [-0.15, -0.1) is 11.6 Å². The first-order valence-electron chi connectivity index (χ1n) is 1.80. The van der Waals surface area contributed by atoms with Crippen LogP contribution in [0.25, 0.3) is 0 Å². The lowest BCUT2D eigenvalue weighted by Crippen LogP contribution is -2.04. The summed E-state index contributed by atoms with van der Waals surface area (Å²) in [7, 11) is -4.52. The second-order valence-electron chi connectivity index (χ2n) is 0.991. The van der Waals surface area contributed by atoms with Crippen molar-refractivity contribution < 1.29 is 18.9 Å². The molecule has 0 radical (unpaired) electrons. The van der Waals surface area contributed by atoms with Crippen LogP contribution in [-0.4, -0.2) is 17.4 Å². The van der Waals surface area contributed by atoms with Gasteiger partial charge in [0.1, 0.15) is 0 Å². The molecule has 0 spiro atoms. The SMILES string of the molecule is O=P([O-])(O)OCCCl. The maximum Gasteiger partial charge on any atom is 0.265 e. The summed E-state index contributed by atoms with van der Waals surface area (Å²) in [6.45, 7) is -0.182. The third-order valence-electron chi connectivity index (χ3n) is 0.332. The summed E-state index contributed by atoms with van der Waals surface area (Å²) < 4.78 is 13.5. The molecule has 6 heteroatoms. The van der Waals surface area contributed by atoms with Crippen LogP contribution in [0.3, 0.4) is 0 Å². The molecule has 0 aromatic rings. The van der Waals surface area contributed by atoms with E-state index >= 15 is 0 Å². The zero-order valence-electron chi connectivity index (χ0n) is 3.91. The molecule has 0 amide bonds. The van der Waals surface area contributed by atoms with E-state index in [0.717, 1.165) is 0 Å². The molecule has 8 heavy (non-hydrogen) atoms. The molecule has 0 saturated heterocycles. The lowest BCUT2D eigenvalue weighted by molar-refractivity contribution is -0.219. The fraction of sp³-hybridized carbons (Fsp3) is 1.00. The van der Waals surface area contributed by atoms with E-state index in [1.807, 2.05) is 0 Å². The molecule has 0 heterocycles. The van der Waals surface area contributed by atoms with Gasteiger partial charge in [0.15, 0.2) is 0 Å². The number of phosphoric acid groups is 1. The van der Waals surface area contributed by atoms with Crippen molar-refractivity contribution >= 4 is 19.4 Å². The molecule has 0 aromatic heterocycles. The van der Waals surface area contributed by atoms with Crippen molar-refractivity contribution in [3.8, 4) is 0 Å². The van der Waals surface area contributed by atoms with E-state index in [0.29, 0.717) is 0 Å². The van der Waals surface area contributed by atoms with E-state index in [9.17, 15) is 9.46 Å². The fourth-order valence-electron chi connectivity index (χ4n) is 0.150. The van der Waals surface area contributed by atoms with E-state index < -0.39 is 7.82 Å². The Hall–Kier alpha value is 0.400. The van der Waals surface area contributed by atoms with Crippen molar-refractivity contribution in [3.63, 3.8) is 0 Å². The Morgan fingerprint density at radius 3 is 2.50 bits per heavy atom. The van der Waals surface area contributed by atoms with Crippen LogP contribution in [0.5, 0.6) is 0 Å². The lowest BCUT2D eigenvalue weighted by Gasteiger charge is -2.13. The largest absolute Gasteiger partial charge is 0.756 e. The monoisotopic (exact) mass is 159 g/mol. The van der Waals surface area contributed by atoms with Crippen LogP contribution in [0, 0.1) is 0 Å². The molecular weight excluding hydrogens is 154 g/mol. The zero-order chi connectivity index (χ0) is 6.62. The Morgan fingerprint density at radius 2 is 2.38 bits per heavy atom. The number of rotatable bonds is 3. The van der Waals surface area contributed by atoms with Gasteiger partial charge in [0.25, 0.3) is 7.82 Å². The van der Waals surface area contributed by atoms with Crippen LogP contribution in [0.2, 0.25) is 0 Å². The van der Waals surface area contributed by atoms with Crippen LogP contribution >= 0.6 is 19.4 Å². The minimum atomic E-state index is -4.52. The average molecular weight is 159 g/mol. The molecule has 0 aliphatic rings. The van der Waals surface area contributed by atoms with Gasteiger partial charge in [-0.1, -0.05) is 0 Å². The van der Waals surface area contributed by atoms with Crippen LogP contribution in [0.15, 0.2) is 0 Å². The topological polar surface area (TPSA) is 69.6 Å². The van der Waals surface area contributed by atoms with Crippen LogP contribution in [-0.2, 0) is 9.09 Å². The van der Waals surface area contributed by atoms with Crippen molar-refractivity contribution in [1.82, 2.24) is 0 Å². The van der Waals surface area contributed by atoms with Gasteiger partial charge in [0.2, 0.25) is 0 Å². The van der Waals surface area contributed by atoms with Gasteiger partial charge < -0.3 is 14.3 Å². The van der Waals surface area contributed by atoms with Crippen LogP contribution in [0.1, 0.15) is 0 Å². The molecule has 0 fully saturated rings. The quantitative estimate of drug-likeness (QED) is 0.454. The summed E-state index contributed by atoms with van der Waals surface area (Å²) in [4.78, 5) is 17.6. The average Bonchev–Trinajstić information content (AvgIpc) is 1.59. The van der Waals surface area contributed by atoms with Gasteiger partial charge in [0, 0.05) is 5.88 Å². The molecule has 0 rings (SSSR count). The molecule has 1 N–H and O–H groups in total. The second kappa shape index (κ2) is 3.43. The number of halogens is 1. The number of phosphoric ester groups is 1. The van der Waals surface area contributed by atoms with Gasteiger partial charge in [-0.3, -0.25) is 4.57 Å². The third-order valence-corrected chi connectivity index (χ3v) is 0.995. The minimum Gasteiger partial charge on any atom is -0.756 e. The Labute approximate surface area is 51.7 Å². The summed E-state index contributed by atoms with van der Waals surface area (Å²) in [6.07, 6.45) is 0. The first kappa shape index (κ1) is 8.40. The summed E-state index contributed by atoms with van der Waals surface area (Å²) in [5.74, 6) is 0.0484. The maximum atomic E-state index is 9.69. The summed E-state index contributed by atoms with van der Waals surface area (Å²) in [6, 6.07) is 0. The minimum absolute atomic E-state index is 0.0484. The highest BCUT2D eigenvalue weighted by Gasteiger charge is 1.97. The standard InChI is InChI=1S/C2H6ClO4P/c3-1-2-7-8(4,5)6/h1-2H2,(H2,4,5,6)/p-1. The molecular formula is C2H5ClO4P-. The van der Waals surface area contributed by atoms with E-state index in [2.05, 4.69) is 4.52 Å². The van der Waals surface area contributed by atoms with Crippen LogP contribution < -0.4 is 4.89 Å². The molecule has 0 aromatic carbocycles. The Balaban J connectivity index is 3.26. The van der Waals surface area contributed by atoms with Crippen molar-refractivity contribution in [2.24, 2.45) is 0 Å². The van der Waals surface area contributed by atoms with Gasteiger partial charge >= 0.3 is 0 Å². The molecule has 0 aliphatic heterocycles. The Kier molecular flexibility index (Phi) is 3.60. The molecule has 4 nitrogen and oxygen atoms in total. The molecule has 1 atom stereocenters. The number of hydrogen-bond acceptors (Lipinski definition) is 3. The Morgan fingerprint density at radius 1 is 1.88 bits per heavy atom. The Bertz CT molecular complexity index is 98.2. The fourth-order valence-corrected chi connectivity index (χ4v) is 0.657. The van der Waals surface area contributed by atoms with Gasteiger partial charge in [-0.05, 0) is 0 Å². The number of hydrogen-bond donors (Lipinski definition) is 1. The van der Waals surface area contributed by atoms with Gasteiger partial charge in [0.05, 0.1) is 6.61 Å². The summed E-state index contributed by atoms with van der Waals surface area (Å²) >= 11 is 5.01. The highest BCUT2D eigenvalue weighted by Crippen LogP contribution is 2.29. The lowest BCUT2D eigenvalue weighted by atomic mass is 10.9. The molecule has 50 valence electrons. The highest BCUT2D eigenvalue weighted by atomic mass is 35.5.